The standard InChI is InChI=1S/C25H34Cl2N2O2/c1-18-9-5-8-14-22(18)28-25(31)24(20-12-6-7-13-21(20)27)29(23(30)17-26)16-15-19-10-3-2-4-11-19/h6-7,10,12-13,18,22,24H,2-5,8-9,11,14-17H2,1H3,(H,28,31)/t18-,22+,24-/m1/s1. The van der Waals surface area contributed by atoms with E-state index < -0.39 is 6.04 Å². The first-order valence-electron chi connectivity index (χ1n) is 11.6. The van der Waals surface area contributed by atoms with Crippen LogP contribution in [0.15, 0.2) is 35.9 Å². The van der Waals surface area contributed by atoms with Crippen LogP contribution in [0.1, 0.15) is 76.3 Å². The van der Waals surface area contributed by atoms with Crippen LogP contribution in [-0.4, -0.2) is 35.2 Å². The van der Waals surface area contributed by atoms with Crippen LogP contribution in [0.5, 0.6) is 0 Å². The third-order valence-electron chi connectivity index (χ3n) is 6.69. The number of carbonyl (C=O) groups excluding carboxylic acids is 2. The predicted molar refractivity (Wildman–Crippen MR) is 127 cm³/mol. The van der Waals surface area contributed by atoms with Gasteiger partial charge in [0.15, 0.2) is 0 Å². The highest BCUT2D eigenvalue weighted by Gasteiger charge is 2.34. The second-order valence-corrected chi connectivity index (χ2v) is 9.55. The number of amides is 2. The molecule has 170 valence electrons. The van der Waals surface area contributed by atoms with Crippen LogP contribution in [0.4, 0.5) is 0 Å². The number of halogens is 2. The zero-order valence-electron chi connectivity index (χ0n) is 18.4. The number of hydrogen-bond acceptors (Lipinski definition) is 2. The second kappa shape index (κ2) is 11.9. The van der Waals surface area contributed by atoms with E-state index in [4.69, 9.17) is 23.2 Å². The smallest absolute Gasteiger partial charge is 0.247 e. The Morgan fingerprint density at radius 2 is 1.94 bits per heavy atom. The molecule has 0 unspecified atom stereocenters. The lowest BCUT2D eigenvalue weighted by Gasteiger charge is -2.35. The molecule has 31 heavy (non-hydrogen) atoms. The Hall–Kier alpha value is -1.52. The molecule has 3 atom stereocenters. The first-order valence-corrected chi connectivity index (χ1v) is 12.5. The zero-order chi connectivity index (χ0) is 22.2. The van der Waals surface area contributed by atoms with E-state index in [1.54, 1.807) is 11.0 Å². The van der Waals surface area contributed by atoms with Crippen LogP contribution in [0.3, 0.4) is 0 Å². The molecule has 0 heterocycles. The highest BCUT2D eigenvalue weighted by atomic mass is 35.5. The molecule has 4 nitrogen and oxygen atoms in total. The van der Waals surface area contributed by atoms with Crippen molar-refractivity contribution in [3.63, 3.8) is 0 Å². The Bertz CT molecular complexity index is 795. The Morgan fingerprint density at radius 1 is 1.16 bits per heavy atom. The summed E-state index contributed by atoms with van der Waals surface area (Å²) >= 11 is 12.5. The van der Waals surface area contributed by atoms with E-state index in [0.717, 1.165) is 38.5 Å². The molecule has 3 rings (SSSR count). The maximum absolute atomic E-state index is 13.6. The SMILES string of the molecule is C[C@@H]1CCCC[C@@H]1NC(=O)[C@@H](c1ccccc1Cl)N(CCC1=CCCCC1)C(=O)CCl. The number of carbonyl (C=O) groups is 2. The summed E-state index contributed by atoms with van der Waals surface area (Å²) in [6.45, 7) is 2.65. The van der Waals surface area contributed by atoms with Gasteiger partial charge in [-0.25, -0.2) is 0 Å². The Morgan fingerprint density at radius 3 is 2.61 bits per heavy atom. The summed E-state index contributed by atoms with van der Waals surface area (Å²) in [6.07, 6.45) is 12.0. The van der Waals surface area contributed by atoms with E-state index >= 15 is 0 Å². The minimum Gasteiger partial charge on any atom is -0.351 e. The number of allylic oxidation sites excluding steroid dienone is 1. The molecule has 1 aromatic rings. The molecule has 2 aliphatic rings. The fraction of sp³-hybridized carbons (Fsp3) is 0.600. The molecule has 6 heteroatoms. The van der Waals surface area contributed by atoms with Gasteiger partial charge in [-0.2, -0.15) is 0 Å². The monoisotopic (exact) mass is 464 g/mol. The van der Waals surface area contributed by atoms with Gasteiger partial charge in [0, 0.05) is 23.2 Å². The van der Waals surface area contributed by atoms with Crippen molar-refractivity contribution in [3.8, 4) is 0 Å². The van der Waals surface area contributed by atoms with Crippen LogP contribution in [0.25, 0.3) is 0 Å². The highest BCUT2D eigenvalue weighted by Crippen LogP contribution is 2.31. The van der Waals surface area contributed by atoms with E-state index in [-0.39, 0.29) is 23.7 Å². The summed E-state index contributed by atoms with van der Waals surface area (Å²) in [5.41, 5.74) is 2.01. The summed E-state index contributed by atoms with van der Waals surface area (Å²) in [5, 5.41) is 3.73. The van der Waals surface area contributed by atoms with Gasteiger partial charge >= 0.3 is 0 Å². The summed E-state index contributed by atoms with van der Waals surface area (Å²) in [7, 11) is 0. The van der Waals surface area contributed by atoms with Crippen molar-refractivity contribution >= 4 is 35.0 Å². The summed E-state index contributed by atoms with van der Waals surface area (Å²) in [4.78, 5) is 28.2. The van der Waals surface area contributed by atoms with Gasteiger partial charge in [0.1, 0.15) is 11.9 Å². The lowest BCUT2D eigenvalue weighted by molar-refractivity contribution is -0.139. The van der Waals surface area contributed by atoms with Crippen molar-refractivity contribution in [2.45, 2.75) is 76.8 Å². The molecule has 1 aromatic carbocycles. The van der Waals surface area contributed by atoms with Crippen LogP contribution in [0, 0.1) is 5.92 Å². The third-order valence-corrected chi connectivity index (χ3v) is 7.27. The fourth-order valence-electron chi connectivity index (χ4n) is 4.81. The Balaban J connectivity index is 1.87. The number of hydrogen-bond donors (Lipinski definition) is 1. The summed E-state index contributed by atoms with van der Waals surface area (Å²) < 4.78 is 0. The molecular weight excluding hydrogens is 431 g/mol. The second-order valence-electron chi connectivity index (χ2n) is 8.88. The molecular formula is C25H34Cl2N2O2. The van der Waals surface area contributed by atoms with Crippen LogP contribution >= 0.6 is 23.2 Å². The maximum atomic E-state index is 13.6. The van der Waals surface area contributed by atoms with E-state index in [0.29, 0.717) is 23.0 Å². The number of rotatable bonds is 8. The van der Waals surface area contributed by atoms with Gasteiger partial charge in [-0.05, 0) is 56.9 Å². The highest BCUT2D eigenvalue weighted by molar-refractivity contribution is 6.31. The molecule has 1 saturated carbocycles. The molecule has 0 spiro atoms. The van der Waals surface area contributed by atoms with E-state index in [2.05, 4.69) is 18.3 Å². The number of nitrogens with zero attached hydrogens (tertiary/aromatic N) is 1. The van der Waals surface area contributed by atoms with Gasteiger partial charge < -0.3 is 10.2 Å². The first-order chi connectivity index (χ1) is 15.0. The Labute approximate surface area is 196 Å². The molecule has 0 bridgehead atoms. The fourth-order valence-corrected chi connectivity index (χ4v) is 5.20. The minimum atomic E-state index is -0.779. The quantitative estimate of drug-likeness (QED) is 0.376. The first kappa shape index (κ1) is 24.1. The summed E-state index contributed by atoms with van der Waals surface area (Å²) in [5.74, 6) is -0.139. The van der Waals surface area contributed by atoms with Crippen molar-refractivity contribution in [1.82, 2.24) is 10.2 Å². The van der Waals surface area contributed by atoms with Gasteiger partial charge in [-0.1, -0.05) is 61.2 Å². The lowest BCUT2D eigenvalue weighted by atomic mass is 9.85. The van der Waals surface area contributed by atoms with Crippen LogP contribution in [0.2, 0.25) is 5.02 Å². The number of benzene rings is 1. The van der Waals surface area contributed by atoms with Crippen molar-refractivity contribution in [3.05, 3.63) is 46.5 Å². The third kappa shape index (κ3) is 6.49. The average Bonchev–Trinajstić information content (AvgIpc) is 2.79. The molecule has 2 amide bonds. The zero-order valence-corrected chi connectivity index (χ0v) is 19.9. The molecule has 0 saturated heterocycles. The normalized spacial score (nSPS) is 22.4. The van der Waals surface area contributed by atoms with Crippen molar-refractivity contribution in [2.75, 3.05) is 12.4 Å². The average molecular weight is 465 g/mol. The minimum absolute atomic E-state index is 0.125. The van der Waals surface area contributed by atoms with Crippen molar-refractivity contribution < 1.29 is 9.59 Å². The van der Waals surface area contributed by atoms with Gasteiger partial charge in [0.2, 0.25) is 11.8 Å². The van der Waals surface area contributed by atoms with Crippen LogP contribution in [-0.2, 0) is 9.59 Å². The molecule has 2 aliphatic carbocycles. The lowest BCUT2D eigenvalue weighted by Crippen LogP contribution is -2.49. The van der Waals surface area contributed by atoms with Gasteiger partial charge in [0.25, 0.3) is 0 Å². The van der Waals surface area contributed by atoms with Crippen LogP contribution < -0.4 is 5.32 Å². The molecule has 1 N–H and O–H groups in total. The van der Waals surface area contributed by atoms with Gasteiger partial charge in [0.05, 0.1) is 0 Å². The maximum Gasteiger partial charge on any atom is 0.247 e. The number of alkyl halides is 1. The van der Waals surface area contributed by atoms with E-state index in [1.165, 1.54) is 24.8 Å². The van der Waals surface area contributed by atoms with E-state index in [1.807, 2.05) is 18.2 Å². The largest absolute Gasteiger partial charge is 0.351 e. The molecule has 1 fully saturated rings. The summed E-state index contributed by atoms with van der Waals surface area (Å²) in [6, 6.07) is 6.65. The van der Waals surface area contributed by atoms with E-state index in [9.17, 15) is 9.59 Å². The Kier molecular flexibility index (Phi) is 9.28. The molecule has 0 aromatic heterocycles. The number of nitrogens with one attached hydrogen (secondary N) is 1. The topological polar surface area (TPSA) is 49.4 Å². The molecule has 0 aliphatic heterocycles. The molecule has 0 radical (unpaired) electrons. The van der Waals surface area contributed by atoms with Crippen molar-refractivity contribution in [1.29, 1.82) is 0 Å². The van der Waals surface area contributed by atoms with Gasteiger partial charge in [-0.3, -0.25) is 9.59 Å². The van der Waals surface area contributed by atoms with Crippen molar-refractivity contribution in [2.24, 2.45) is 5.92 Å². The van der Waals surface area contributed by atoms with Gasteiger partial charge in [-0.15, -0.1) is 11.6 Å². The predicted octanol–water partition coefficient (Wildman–Crippen LogP) is 6.03.